The zero-order valence-corrected chi connectivity index (χ0v) is 22.8. The largest absolute Gasteiger partial charge is 0.414 e. The van der Waals surface area contributed by atoms with Crippen molar-refractivity contribution in [2.24, 2.45) is 0 Å². The quantitative estimate of drug-likeness (QED) is 0.265. The molecule has 1 atom stereocenters. The minimum Gasteiger partial charge on any atom is -0.389 e. The predicted octanol–water partition coefficient (Wildman–Crippen LogP) is 8.22. The molecule has 2 aromatic carbocycles. The number of amides is 1. The van der Waals surface area contributed by atoms with Crippen LogP contribution in [0.5, 0.6) is 5.88 Å². The van der Waals surface area contributed by atoms with Crippen LogP contribution in [0.15, 0.2) is 66.9 Å². The molecule has 0 fully saturated rings. The predicted molar refractivity (Wildman–Crippen MR) is 152 cm³/mol. The van der Waals surface area contributed by atoms with Crippen molar-refractivity contribution >= 4 is 40.9 Å². The van der Waals surface area contributed by atoms with Gasteiger partial charge >= 0.3 is 6.09 Å². The summed E-state index contributed by atoms with van der Waals surface area (Å²) in [7, 11) is 0. The molecule has 5 rings (SSSR count). The summed E-state index contributed by atoms with van der Waals surface area (Å²) in [6.45, 7) is 1.84. The molecule has 9 heteroatoms. The Labute approximate surface area is 236 Å². The van der Waals surface area contributed by atoms with Gasteiger partial charge in [-0.05, 0) is 92.3 Å². The van der Waals surface area contributed by atoms with Gasteiger partial charge in [-0.25, -0.2) is 13.9 Å². The van der Waals surface area contributed by atoms with E-state index in [9.17, 15) is 9.18 Å². The molecular weight excluding hydrogens is 538 g/mol. The maximum Gasteiger partial charge on any atom is 0.414 e. The third-order valence-electron chi connectivity index (χ3n) is 6.63. The summed E-state index contributed by atoms with van der Waals surface area (Å²) in [4.78, 5) is 17.3. The lowest BCUT2D eigenvalue weighted by Gasteiger charge is -2.17. The number of halogens is 3. The van der Waals surface area contributed by atoms with Gasteiger partial charge in [-0.2, -0.15) is 0 Å². The van der Waals surface area contributed by atoms with E-state index in [0.717, 1.165) is 48.1 Å². The van der Waals surface area contributed by atoms with Gasteiger partial charge < -0.3 is 10.1 Å². The third kappa shape index (κ3) is 6.32. The van der Waals surface area contributed by atoms with Crippen LogP contribution < -0.4 is 10.1 Å². The van der Waals surface area contributed by atoms with Gasteiger partial charge in [0.1, 0.15) is 5.82 Å². The van der Waals surface area contributed by atoms with E-state index < -0.39 is 6.09 Å². The lowest BCUT2D eigenvalue weighted by atomic mass is 9.92. The van der Waals surface area contributed by atoms with Crippen LogP contribution in [-0.4, -0.2) is 20.9 Å². The molecule has 200 valence electrons. The van der Waals surface area contributed by atoms with Crippen molar-refractivity contribution in [1.82, 2.24) is 20.1 Å². The molecule has 39 heavy (non-hydrogen) atoms. The number of fused-ring (bicyclic) bond motifs is 1. The Morgan fingerprint density at radius 3 is 2.62 bits per heavy atom. The maximum atomic E-state index is 13.6. The lowest BCUT2D eigenvalue weighted by molar-refractivity contribution is 0.194. The molecular formula is C30H27Cl2FN4O2. The number of hydrogen-bond acceptors (Lipinski definition) is 4. The summed E-state index contributed by atoms with van der Waals surface area (Å²) in [5.74, 6) is -0.0798. The molecule has 0 aliphatic heterocycles. The van der Waals surface area contributed by atoms with E-state index in [1.165, 1.54) is 12.1 Å². The van der Waals surface area contributed by atoms with Crippen LogP contribution in [0, 0.1) is 5.82 Å². The van der Waals surface area contributed by atoms with Gasteiger partial charge in [0.25, 0.3) is 0 Å². The van der Waals surface area contributed by atoms with E-state index in [1.807, 2.05) is 31.2 Å². The smallest absolute Gasteiger partial charge is 0.389 e. The van der Waals surface area contributed by atoms with E-state index in [2.05, 4.69) is 10.3 Å². The molecule has 6 nitrogen and oxygen atoms in total. The van der Waals surface area contributed by atoms with Crippen molar-refractivity contribution in [1.29, 1.82) is 0 Å². The average molecular weight is 565 g/mol. The van der Waals surface area contributed by atoms with Crippen LogP contribution in [0.25, 0.3) is 17.3 Å². The minimum absolute atomic E-state index is 0.216. The van der Waals surface area contributed by atoms with Gasteiger partial charge in [-0.15, -0.1) is 5.10 Å². The molecule has 0 radical (unpaired) electrons. The first-order valence-corrected chi connectivity index (χ1v) is 13.6. The molecule has 1 aliphatic rings. The van der Waals surface area contributed by atoms with Crippen LogP contribution in [0.4, 0.5) is 9.18 Å². The fourth-order valence-corrected chi connectivity index (χ4v) is 5.20. The number of rotatable bonds is 5. The summed E-state index contributed by atoms with van der Waals surface area (Å²) in [6.07, 6.45) is 7.41. The fourth-order valence-electron chi connectivity index (χ4n) is 4.71. The molecule has 2 heterocycles. The van der Waals surface area contributed by atoms with Crippen molar-refractivity contribution in [2.45, 2.75) is 45.1 Å². The molecule has 1 N–H and O–H groups in total. The molecule has 0 saturated carbocycles. The van der Waals surface area contributed by atoms with Crippen LogP contribution >= 0.6 is 23.2 Å². The number of carbonyl (C=O) groups excluding carboxylic acids is 1. The molecule has 1 aliphatic carbocycles. The molecule has 0 spiro atoms. The van der Waals surface area contributed by atoms with Crippen molar-refractivity contribution in [2.75, 3.05) is 0 Å². The van der Waals surface area contributed by atoms with Gasteiger partial charge in [-0.3, -0.25) is 4.98 Å². The average Bonchev–Trinajstić information content (AvgIpc) is 3.24. The number of nitrogens with one attached hydrogen (secondary N) is 1. The SMILES string of the molecule is C[C@@H](NC(=O)Oc1nn(-c2ccc(Cl)cc2Cl)c2c1CCCCC/C2=C\c1ccc(F)cc1)c1ccccn1. The summed E-state index contributed by atoms with van der Waals surface area (Å²) in [6, 6.07) is 16.7. The molecule has 2 aromatic heterocycles. The van der Waals surface area contributed by atoms with Crippen molar-refractivity contribution in [3.63, 3.8) is 0 Å². The van der Waals surface area contributed by atoms with Gasteiger partial charge in [0, 0.05) is 16.8 Å². The minimum atomic E-state index is -0.631. The third-order valence-corrected chi connectivity index (χ3v) is 7.17. The Morgan fingerprint density at radius 1 is 1.08 bits per heavy atom. The van der Waals surface area contributed by atoms with E-state index in [1.54, 1.807) is 41.2 Å². The Balaban J connectivity index is 1.58. The fraction of sp³-hybridized carbons (Fsp3) is 0.233. The summed E-state index contributed by atoms with van der Waals surface area (Å²) in [5.41, 5.74) is 4.80. The zero-order chi connectivity index (χ0) is 27.4. The molecule has 4 aromatic rings. The highest BCUT2D eigenvalue weighted by atomic mass is 35.5. The highest BCUT2D eigenvalue weighted by Crippen LogP contribution is 2.38. The first-order chi connectivity index (χ1) is 18.9. The van der Waals surface area contributed by atoms with Gasteiger partial charge in [0.05, 0.1) is 28.1 Å². The second-order valence-corrected chi connectivity index (χ2v) is 10.3. The van der Waals surface area contributed by atoms with E-state index in [0.29, 0.717) is 27.8 Å². The topological polar surface area (TPSA) is 69.0 Å². The number of hydrogen-bond donors (Lipinski definition) is 1. The zero-order valence-electron chi connectivity index (χ0n) is 21.3. The second-order valence-electron chi connectivity index (χ2n) is 9.43. The van der Waals surface area contributed by atoms with Gasteiger partial charge in [0.2, 0.25) is 5.88 Å². The Bertz CT molecular complexity index is 1500. The van der Waals surface area contributed by atoms with Crippen molar-refractivity contribution in [3.8, 4) is 11.6 Å². The number of allylic oxidation sites excluding steroid dienone is 1. The van der Waals surface area contributed by atoms with Crippen LogP contribution in [0.3, 0.4) is 0 Å². The summed E-state index contributed by atoms with van der Waals surface area (Å²) in [5, 5.41) is 8.50. The summed E-state index contributed by atoms with van der Waals surface area (Å²) < 4.78 is 21.1. The monoisotopic (exact) mass is 564 g/mol. The van der Waals surface area contributed by atoms with Gasteiger partial charge in [-0.1, -0.05) is 47.8 Å². The second kappa shape index (κ2) is 12.0. The number of benzene rings is 2. The molecule has 0 unspecified atom stereocenters. The molecule has 0 bridgehead atoms. The molecule has 0 saturated heterocycles. The number of ether oxygens (including phenoxy) is 1. The normalized spacial score (nSPS) is 15.2. The van der Waals surface area contributed by atoms with Crippen LogP contribution in [0.1, 0.15) is 61.2 Å². The van der Waals surface area contributed by atoms with Crippen LogP contribution in [-0.2, 0) is 6.42 Å². The summed E-state index contributed by atoms with van der Waals surface area (Å²) >= 11 is 12.8. The maximum absolute atomic E-state index is 13.6. The number of carbonyl (C=O) groups is 1. The number of pyridine rings is 1. The Morgan fingerprint density at radius 2 is 1.87 bits per heavy atom. The molecule has 1 amide bonds. The Hall–Kier alpha value is -3.68. The number of aromatic nitrogens is 3. The van der Waals surface area contributed by atoms with Gasteiger partial charge in [0.15, 0.2) is 0 Å². The van der Waals surface area contributed by atoms with Crippen molar-refractivity contribution < 1.29 is 13.9 Å². The highest BCUT2D eigenvalue weighted by molar-refractivity contribution is 6.35. The first kappa shape index (κ1) is 26.9. The lowest BCUT2D eigenvalue weighted by Crippen LogP contribution is -2.30. The Kier molecular flexibility index (Phi) is 8.29. The highest BCUT2D eigenvalue weighted by Gasteiger charge is 2.27. The van der Waals surface area contributed by atoms with E-state index in [-0.39, 0.29) is 17.7 Å². The van der Waals surface area contributed by atoms with E-state index in [4.69, 9.17) is 33.0 Å². The standard InChI is InChI=1S/C30H27Cl2FN4O2/c1-19(26-9-5-6-16-34-26)35-30(38)39-29-24-8-4-2-3-7-21(17-20-10-13-23(33)14-11-20)28(24)37(36-29)27-15-12-22(31)18-25(27)32/h5-6,9-19H,2-4,7-8H2,1H3,(H,35,38)/b21-17+/t19-/m1/s1. The van der Waals surface area contributed by atoms with Crippen LogP contribution in [0.2, 0.25) is 10.0 Å². The van der Waals surface area contributed by atoms with Crippen molar-refractivity contribution in [3.05, 3.63) is 105 Å². The van der Waals surface area contributed by atoms with E-state index >= 15 is 0 Å². The first-order valence-electron chi connectivity index (χ1n) is 12.8. The number of nitrogens with zero attached hydrogens (tertiary/aromatic N) is 3.